The van der Waals surface area contributed by atoms with Gasteiger partial charge in [-0.2, -0.15) is 16.3 Å². The largest absolute Gasteiger partial charge is 0.456 e. The normalized spacial score (nSPS) is 13.1. The summed E-state index contributed by atoms with van der Waals surface area (Å²) in [5.41, 5.74) is 1.83. The predicted octanol–water partition coefficient (Wildman–Crippen LogP) is 4.07. The SMILES string of the molecule is O=C(CCCN1C(=O)c2cccc3cccc(c23)C1=O)OCc1nc(-c2ccsc2)no1. The predicted molar refractivity (Wildman–Crippen MR) is 116 cm³/mol. The molecule has 9 heteroatoms. The third kappa shape index (κ3) is 3.67. The maximum atomic E-state index is 12.9. The van der Waals surface area contributed by atoms with Crippen LogP contribution in [0.4, 0.5) is 0 Å². The van der Waals surface area contributed by atoms with Crippen LogP contribution in [0.1, 0.15) is 39.4 Å². The third-order valence-corrected chi connectivity index (χ3v) is 5.91. The zero-order valence-corrected chi connectivity index (χ0v) is 17.6. The Bertz CT molecular complexity index is 1280. The van der Waals surface area contributed by atoms with Crippen molar-refractivity contribution < 1.29 is 23.6 Å². The molecule has 2 aromatic heterocycles. The van der Waals surface area contributed by atoms with E-state index in [-0.39, 0.29) is 37.3 Å². The summed E-state index contributed by atoms with van der Waals surface area (Å²) in [4.78, 5) is 43.2. The van der Waals surface area contributed by atoms with Crippen molar-refractivity contribution in [2.45, 2.75) is 19.4 Å². The highest BCUT2D eigenvalue weighted by molar-refractivity contribution is 7.08. The van der Waals surface area contributed by atoms with Crippen molar-refractivity contribution in [2.24, 2.45) is 0 Å². The number of benzene rings is 2. The van der Waals surface area contributed by atoms with Crippen molar-refractivity contribution in [3.8, 4) is 11.4 Å². The summed E-state index contributed by atoms with van der Waals surface area (Å²) in [6.45, 7) is -0.00668. The van der Waals surface area contributed by atoms with Crippen molar-refractivity contribution in [3.05, 3.63) is 70.2 Å². The Hall–Kier alpha value is -3.85. The van der Waals surface area contributed by atoms with E-state index in [2.05, 4.69) is 10.1 Å². The first-order chi connectivity index (χ1) is 15.6. The van der Waals surface area contributed by atoms with Crippen LogP contribution in [0.3, 0.4) is 0 Å². The summed E-state index contributed by atoms with van der Waals surface area (Å²) in [5.74, 6) is -0.529. The minimum absolute atomic E-state index is 0.0500. The second-order valence-corrected chi connectivity index (χ2v) is 8.04. The van der Waals surface area contributed by atoms with E-state index in [4.69, 9.17) is 9.26 Å². The molecule has 160 valence electrons. The summed E-state index contributed by atoms with van der Waals surface area (Å²) >= 11 is 1.52. The van der Waals surface area contributed by atoms with E-state index in [0.29, 0.717) is 28.8 Å². The fraction of sp³-hybridized carbons (Fsp3) is 0.174. The summed E-state index contributed by atoms with van der Waals surface area (Å²) in [5, 5.41) is 9.19. The number of hydrogen-bond acceptors (Lipinski definition) is 8. The monoisotopic (exact) mass is 447 g/mol. The van der Waals surface area contributed by atoms with Gasteiger partial charge in [-0.15, -0.1) is 0 Å². The molecular formula is C23H17N3O5S. The lowest BCUT2D eigenvalue weighted by atomic mass is 9.94. The molecule has 0 aliphatic carbocycles. The first kappa shape index (κ1) is 20.1. The van der Waals surface area contributed by atoms with Crippen LogP contribution in [0.15, 0.2) is 57.7 Å². The zero-order chi connectivity index (χ0) is 22.1. The molecule has 5 rings (SSSR count). The summed E-state index contributed by atoms with van der Waals surface area (Å²) in [6, 6.07) is 12.7. The highest BCUT2D eigenvalue weighted by Crippen LogP contribution is 2.30. The number of nitrogens with zero attached hydrogens (tertiary/aromatic N) is 3. The first-order valence-corrected chi connectivity index (χ1v) is 10.9. The molecule has 0 fully saturated rings. The zero-order valence-electron chi connectivity index (χ0n) is 16.8. The third-order valence-electron chi connectivity index (χ3n) is 5.22. The molecule has 3 heterocycles. The van der Waals surface area contributed by atoms with Gasteiger partial charge in [-0.1, -0.05) is 29.4 Å². The fourth-order valence-electron chi connectivity index (χ4n) is 3.70. The van der Waals surface area contributed by atoms with E-state index in [0.717, 1.165) is 10.9 Å². The lowest BCUT2D eigenvalue weighted by Crippen LogP contribution is -2.41. The van der Waals surface area contributed by atoms with Crippen LogP contribution in [0.2, 0.25) is 0 Å². The highest BCUT2D eigenvalue weighted by atomic mass is 32.1. The van der Waals surface area contributed by atoms with Crippen LogP contribution in [-0.2, 0) is 16.1 Å². The van der Waals surface area contributed by atoms with Crippen LogP contribution >= 0.6 is 11.3 Å². The van der Waals surface area contributed by atoms with E-state index >= 15 is 0 Å². The quantitative estimate of drug-likeness (QED) is 0.311. The number of ether oxygens (including phenoxy) is 1. The van der Waals surface area contributed by atoms with E-state index in [1.165, 1.54) is 16.2 Å². The van der Waals surface area contributed by atoms with Gasteiger partial charge in [0, 0.05) is 40.4 Å². The topological polar surface area (TPSA) is 103 Å². The minimum atomic E-state index is -0.473. The lowest BCUT2D eigenvalue weighted by Gasteiger charge is -2.27. The van der Waals surface area contributed by atoms with Gasteiger partial charge in [-0.25, -0.2) is 0 Å². The van der Waals surface area contributed by atoms with Gasteiger partial charge in [0.05, 0.1) is 0 Å². The molecule has 1 aliphatic heterocycles. The van der Waals surface area contributed by atoms with Gasteiger partial charge in [0.25, 0.3) is 17.7 Å². The van der Waals surface area contributed by atoms with Gasteiger partial charge in [-0.05, 0) is 35.4 Å². The summed E-state index contributed by atoms with van der Waals surface area (Å²) in [6.07, 6.45) is 0.340. The first-order valence-electron chi connectivity index (χ1n) is 10.0. The van der Waals surface area contributed by atoms with Gasteiger partial charge >= 0.3 is 5.97 Å². The van der Waals surface area contributed by atoms with Gasteiger partial charge in [0.1, 0.15) is 0 Å². The maximum Gasteiger partial charge on any atom is 0.306 e. The van der Waals surface area contributed by atoms with Crippen LogP contribution < -0.4 is 0 Å². The average molecular weight is 447 g/mol. The van der Waals surface area contributed by atoms with E-state index in [1.54, 1.807) is 24.3 Å². The van der Waals surface area contributed by atoms with Gasteiger partial charge in [-0.3, -0.25) is 19.3 Å². The fourth-order valence-corrected chi connectivity index (χ4v) is 4.34. The lowest BCUT2D eigenvalue weighted by molar-refractivity contribution is -0.145. The van der Waals surface area contributed by atoms with E-state index in [9.17, 15) is 14.4 Å². The highest BCUT2D eigenvalue weighted by Gasteiger charge is 2.32. The Morgan fingerprint density at radius 3 is 2.50 bits per heavy atom. The Kier molecular flexibility index (Phi) is 5.24. The molecule has 0 atom stereocenters. The maximum absolute atomic E-state index is 12.9. The van der Waals surface area contributed by atoms with E-state index in [1.807, 2.05) is 29.0 Å². The van der Waals surface area contributed by atoms with Gasteiger partial charge in [0.2, 0.25) is 5.82 Å². The number of amides is 2. The Balaban J connectivity index is 1.17. The number of thiophene rings is 1. The molecular weight excluding hydrogens is 430 g/mol. The molecule has 0 N–H and O–H groups in total. The molecule has 4 aromatic rings. The van der Waals surface area contributed by atoms with Crippen molar-refractivity contribution in [1.82, 2.24) is 15.0 Å². The van der Waals surface area contributed by atoms with Gasteiger partial charge in [0.15, 0.2) is 6.61 Å². The second kappa shape index (κ2) is 8.35. The van der Waals surface area contributed by atoms with Crippen LogP contribution in [0, 0.1) is 0 Å². The number of carbonyl (C=O) groups is 3. The molecule has 1 aliphatic rings. The van der Waals surface area contributed by atoms with E-state index < -0.39 is 5.97 Å². The average Bonchev–Trinajstić information content (AvgIpc) is 3.50. The van der Waals surface area contributed by atoms with Crippen molar-refractivity contribution in [2.75, 3.05) is 6.54 Å². The minimum Gasteiger partial charge on any atom is -0.456 e. The van der Waals surface area contributed by atoms with Crippen LogP contribution in [0.25, 0.3) is 22.2 Å². The summed E-state index contributed by atoms with van der Waals surface area (Å²) in [7, 11) is 0. The van der Waals surface area contributed by atoms with Crippen molar-refractivity contribution >= 4 is 39.9 Å². The Labute approximate surface area is 186 Å². The molecule has 8 nitrogen and oxygen atoms in total. The number of hydrogen-bond donors (Lipinski definition) is 0. The van der Waals surface area contributed by atoms with Crippen LogP contribution in [0.5, 0.6) is 0 Å². The van der Waals surface area contributed by atoms with Crippen molar-refractivity contribution in [1.29, 1.82) is 0 Å². The molecule has 32 heavy (non-hydrogen) atoms. The molecule has 0 spiro atoms. The summed E-state index contributed by atoms with van der Waals surface area (Å²) < 4.78 is 10.3. The molecule has 0 unspecified atom stereocenters. The molecule has 0 bridgehead atoms. The molecule has 0 radical (unpaired) electrons. The van der Waals surface area contributed by atoms with Crippen LogP contribution in [-0.4, -0.2) is 39.4 Å². The molecule has 0 saturated carbocycles. The Morgan fingerprint density at radius 2 is 1.81 bits per heavy atom. The Morgan fingerprint density at radius 1 is 1.06 bits per heavy atom. The standard InChI is InChI=1S/C23H17N3O5S/c27-19(30-12-18-24-21(25-31-18)15-9-11-32-13-15)8-3-10-26-22(28)16-6-1-4-14-5-2-7-17(20(14)16)23(26)29/h1-2,4-7,9,11,13H,3,8,10,12H2. The molecule has 2 amide bonds. The van der Waals surface area contributed by atoms with Crippen molar-refractivity contribution in [3.63, 3.8) is 0 Å². The second-order valence-electron chi connectivity index (χ2n) is 7.26. The smallest absolute Gasteiger partial charge is 0.306 e. The number of imide groups is 1. The number of carbonyl (C=O) groups excluding carboxylic acids is 3. The van der Waals surface area contributed by atoms with Gasteiger partial charge < -0.3 is 9.26 Å². The number of rotatable bonds is 7. The molecule has 2 aromatic carbocycles. The number of esters is 1. The number of aromatic nitrogens is 2. The molecule has 0 saturated heterocycles.